The van der Waals surface area contributed by atoms with Gasteiger partial charge in [0, 0.05) is 32.3 Å². The lowest BCUT2D eigenvalue weighted by Crippen LogP contribution is -2.41. The molecule has 1 atom stereocenters. The smallest absolute Gasteiger partial charge is 0.252 e. The van der Waals surface area contributed by atoms with Gasteiger partial charge in [-0.3, -0.25) is 14.6 Å². The van der Waals surface area contributed by atoms with Gasteiger partial charge in [0.25, 0.3) is 5.91 Å². The number of carbonyl (C=O) groups excluding carboxylic acids is 2. The normalized spacial score (nSPS) is 19.1. The molecule has 1 saturated heterocycles. The van der Waals surface area contributed by atoms with Gasteiger partial charge in [0.1, 0.15) is 5.82 Å². The van der Waals surface area contributed by atoms with Crippen molar-refractivity contribution in [3.63, 3.8) is 0 Å². The molecule has 152 valence electrons. The maximum Gasteiger partial charge on any atom is 0.252 e. The van der Waals surface area contributed by atoms with Crippen LogP contribution in [0.3, 0.4) is 0 Å². The number of rotatable bonds is 5. The Morgan fingerprint density at radius 2 is 1.93 bits per heavy atom. The number of benzene rings is 1. The fourth-order valence-corrected chi connectivity index (χ4v) is 4.46. The lowest BCUT2D eigenvalue weighted by Gasteiger charge is -2.32. The molecular formula is C23H26FN3O2. The van der Waals surface area contributed by atoms with Crippen LogP contribution in [-0.4, -0.2) is 41.3 Å². The van der Waals surface area contributed by atoms with E-state index in [0.717, 1.165) is 45.0 Å². The number of aryl methyl sites for hydroxylation is 1. The van der Waals surface area contributed by atoms with Gasteiger partial charge in [0.15, 0.2) is 0 Å². The van der Waals surface area contributed by atoms with Crippen molar-refractivity contribution in [2.45, 2.75) is 38.0 Å². The Balaban J connectivity index is 1.22. The number of halogens is 1. The molecule has 2 aliphatic rings. The van der Waals surface area contributed by atoms with E-state index in [1.54, 1.807) is 0 Å². The first-order chi connectivity index (χ1) is 14.1. The number of aromatic nitrogens is 1. The van der Waals surface area contributed by atoms with Crippen LogP contribution in [-0.2, 0) is 11.2 Å². The molecule has 0 unspecified atom stereocenters. The number of likely N-dealkylation sites (tertiary alicyclic amines) is 1. The summed E-state index contributed by atoms with van der Waals surface area (Å²) in [5.41, 5.74) is 2.95. The molecule has 4 rings (SSSR count). The summed E-state index contributed by atoms with van der Waals surface area (Å²) in [6.45, 7) is 2.00. The third kappa shape index (κ3) is 4.63. The predicted molar refractivity (Wildman–Crippen MR) is 108 cm³/mol. The molecule has 6 heteroatoms. The zero-order valence-electron chi connectivity index (χ0n) is 16.4. The summed E-state index contributed by atoms with van der Waals surface area (Å²) < 4.78 is 13.2. The molecule has 1 aromatic heterocycles. The summed E-state index contributed by atoms with van der Waals surface area (Å²) >= 11 is 0. The first kappa shape index (κ1) is 19.6. The van der Waals surface area contributed by atoms with Crippen molar-refractivity contribution in [2.75, 3.05) is 19.6 Å². The lowest BCUT2D eigenvalue weighted by atomic mass is 9.94. The van der Waals surface area contributed by atoms with Gasteiger partial charge in [0.05, 0.1) is 11.8 Å². The van der Waals surface area contributed by atoms with E-state index in [4.69, 9.17) is 0 Å². The van der Waals surface area contributed by atoms with E-state index in [2.05, 4.69) is 34.6 Å². The minimum atomic E-state index is -0.519. The van der Waals surface area contributed by atoms with Crippen LogP contribution in [0, 0.1) is 11.7 Å². The second-order valence-electron chi connectivity index (χ2n) is 8.06. The number of piperidine rings is 1. The van der Waals surface area contributed by atoms with E-state index < -0.39 is 5.82 Å². The largest absolute Gasteiger partial charge is 0.352 e. The highest BCUT2D eigenvalue weighted by molar-refractivity contribution is 5.93. The molecule has 29 heavy (non-hydrogen) atoms. The SMILES string of the molecule is O=C(NCC1CCN(C(=O)C[C@H]2CCc3ccccc32)CC1)c1cncc(F)c1. The van der Waals surface area contributed by atoms with Gasteiger partial charge in [-0.25, -0.2) is 4.39 Å². The quantitative estimate of drug-likeness (QED) is 0.845. The minimum Gasteiger partial charge on any atom is -0.352 e. The number of pyridine rings is 1. The van der Waals surface area contributed by atoms with Gasteiger partial charge >= 0.3 is 0 Å². The topological polar surface area (TPSA) is 62.3 Å². The summed E-state index contributed by atoms with van der Waals surface area (Å²) in [7, 11) is 0. The molecule has 1 aliphatic carbocycles. The minimum absolute atomic E-state index is 0.231. The molecule has 1 fully saturated rings. The standard InChI is InChI=1S/C23H26FN3O2/c24-20-11-19(14-25-15-20)23(29)26-13-16-7-9-27(10-8-16)22(28)12-18-6-5-17-3-1-2-4-21(17)18/h1-4,11,14-16,18H,5-10,12-13H2,(H,26,29)/t18-/m1/s1. The number of hydrogen-bond donors (Lipinski definition) is 1. The van der Waals surface area contributed by atoms with Crippen molar-refractivity contribution in [1.82, 2.24) is 15.2 Å². The van der Waals surface area contributed by atoms with Crippen LogP contribution >= 0.6 is 0 Å². The molecular weight excluding hydrogens is 369 g/mol. The Morgan fingerprint density at radius 1 is 1.14 bits per heavy atom. The third-order valence-corrected chi connectivity index (χ3v) is 6.16. The number of fused-ring (bicyclic) bond motifs is 1. The fourth-order valence-electron chi connectivity index (χ4n) is 4.46. The average Bonchev–Trinajstić information content (AvgIpc) is 3.15. The van der Waals surface area contributed by atoms with E-state index in [0.29, 0.717) is 24.8 Å². The van der Waals surface area contributed by atoms with Crippen molar-refractivity contribution in [1.29, 1.82) is 0 Å². The first-order valence-corrected chi connectivity index (χ1v) is 10.3. The van der Waals surface area contributed by atoms with Crippen molar-refractivity contribution < 1.29 is 14.0 Å². The van der Waals surface area contributed by atoms with Crippen molar-refractivity contribution in [3.8, 4) is 0 Å². The Hall–Kier alpha value is -2.76. The van der Waals surface area contributed by atoms with E-state index >= 15 is 0 Å². The summed E-state index contributed by atoms with van der Waals surface area (Å²) in [6.07, 6.45) is 6.89. The number of carbonyl (C=O) groups is 2. The number of amides is 2. The van der Waals surface area contributed by atoms with Gasteiger partial charge in [-0.15, -0.1) is 0 Å². The van der Waals surface area contributed by atoms with Gasteiger partial charge in [-0.2, -0.15) is 0 Å². The Labute approximate surface area is 170 Å². The van der Waals surface area contributed by atoms with Crippen molar-refractivity contribution in [3.05, 3.63) is 65.2 Å². The maximum absolute atomic E-state index is 13.2. The second-order valence-corrected chi connectivity index (χ2v) is 8.06. The molecule has 2 heterocycles. The molecule has 2 aromatic rings. The zero-order chi connectivity index (χ0) is 20.2. The number of nitrogens with one attached hydrogen (secondary N) is 1. The molecule has 0 radical (unpaired) electrons. The van der Waals surface area contributed by atoms with Crippen LogP contribution in [0.1, 0.15) is 53.1 Å². The summed E-state index contributed by atoms with van der Waals surface area (Å²) in [5.74, 6) is 0.0806. The van der Waals surface area contributed by atoms with Crippen molar-refractivity contribution >= 4 is 11.8 Å². The first-order valence-electron chi connectivity index (χ1n) is 10.3. The maximum atomic E-state index is 13.2. The highest BCUT2D eigenvalue weighted by Gasteiger charge is 2.28. The van der Waals surface area contributed by atoms with E-state index in [1.807, 2.05) is 4.90 Å². The molecule has 5 nitrogen and oxygen atoms in total. The van der Waals surface area contributed by atoms with Gasteiger partial charge in [-0.1, -0.05) is 24.3 Å². The van der Waals surface area contributed by atoms with Gasteiger partial charge in [-0.05, 0) is 54.7 Å². The zero-order valence-corrected chi connectivity index (χ0v) is 16.4. The molecule has 0 bridgehead atoms. The summed E-state index contributed by atoms with van der Waals surface area (Å²) in [6, 6.07) is 9.63. The van der Waals surface area contributed by atoms with Crippen LogP contribution in [0.2, 0.25) is 0 Å². The summed E-state index contributed by atoms with van der Waals surface area (Å²) in [5, 5.41) is 2.86. The van der Waals surface area contributed by atoms with Crippen molar-refractivity contribution in [2.24, 2.45) is 5.92 Å². The van der Waals surface area contributed by atoms with Crippen LogP contribution in [0.25, 0.3) is 0 Å². The highest BCUT2D eigenvalue weighted by Crippen LogP contribution is 2.35. The lowest BCUT2D eigenvalue weighted by molar-refractivity contribution is -0.133. The third-order valence-electron chi connectivity index (χ3n) is 6.16. The summed E-state index contributed by atoms with van der Waals surface area (Å²) in [4.78, 5) is 30.6. The molecule has 1 N–H and O–H groups in total. The Kier molecular flexibility index (Phi) is 5.88. The van der Waals surface area contributed by atoms with Crippen LogP contribution < -0.4 is 5.32 Å². The van der Waals surface area contributed by atoms with Crippen LogP contribution in [0.15, 0.2) is 42.7 Å². The molecule has 1 aliphatic heterocycles. The second kappa shape index (κ2) is 8.72. The highest BCUT2D eigenvalue weighted by atomic mass is 19.1. The van der Waals surface area contributed by atoms with Crippen LogP contribution in [0.5, 0.6) is 0 Å². The Morgan fingerprint density at radius 3 is 2.72 bits per heavy atom. The predicted octanol–water partition coefficient (Wildman–Crippen LogP) is 3.31. The molecule has 2 amide bonds. The molecule has 0 saturated carbocycles. The van der Waals surface area contributed by atoms with Crippen LogP contribution in [0.4, 0.5) is 4.39 Å². The number of hydrogen-bond acceptors (Lipinski definition) is 3. The van der Waals surface area contributed by atoms with E-state index in [9.17, 15) is 14.0 Å². The molecule has 1 aromatic carbocycles. The van der Waals surface area contributed by atoms with Gasteiger partial charge in [0.2, 0.25) is 5.91 Å². The fraction of sp³-hybridized carbons (Fsp3) is 0.435. The average molecular weight is 395 g/mol. The van der Waals surface area contributed by atoms with E-state index in [1.165, 1.54) is 23.4 Å². The monoisotopic (exact) mass is 395 g/mol. The Bertz CT molecular complexity index is 893. The number of nitrogens with zero attached hydrogens (tertiary/aromatic N) is 2. The van der Waals surface area contributed by atoms with E-state index in [-0.39, 0.29) is 17.4 Å². The van der Waals surface area contributed by atoms with Gasteiger partial charge < -0.3 is 10.2 Å². The molecule has 0 spiro atoms.